The van der Waals surface area contributed by atoms with Crippen LogP contribution in [-0.2, 0) is 23.7 Å². The summed E-state index contributed by atoms with van der Waals surface area (Å²) in [6.45, 7) is -1.60. The van der Waals surface area contributed by atoms with Crippen LogP contribution >= 0.6 is 0 Å². The van der Waals surface area contributed by atoms with E-state index in [1.165, 1.54) is 0 Å². The number of hydrogen-bond acceptors (Lipinski definition) is 15. The van der Waals surface area contributed by atoms with Gasteiger partial charge in [-0.05, 0) is 0 Å². The smallest absolute Gasteiger partial charge is 0.187 e. The molecule has 0 aromatic rings. The number of hydrogen-bond donors (Lipinski definition) is 10. The molecule has 14 atom stereocenters. The number of ether oxygens (including phenoxy) is 5. The first kappa shape index (κ1) is 26.0. The van der Waals surface area contributed by atoms with E-state index in [0.717, 1.165) is 0 Å². The van der Waals surface area contributed by atoms with Gasteiger partial charge in [0.1, 0.15) is 67.1 Å². The van der Waals surface area contributed by atoms with Crippen LogP contribution in [0.15, 0.2) is 0 Å². The highest BCUT2D eigenvalue weighted by atomic mass is 16.7. The molecule has 0 aromatic heterocycles. The molecule has 0 amide bonds. The van der Waals surface area contributed by atoms with Crippen molar-refractivity contribution in [3.8, 4) is 0 Å². The maximum atomic E-state index is 10.2. The maximum absolute atomic E-state index is 10.2. The molecule has 1 unspecified atom stereocenters. The summed E-state index contributed by atoms with van der Waals surface area (Å²) in [6, 6.07) is 0. The fourth-order valence-corrected chi connectivity index (χ4v) is 3.67. The Morgan fingerprint density at radius 2 is 1.31 bits per heavy atom. The van der Waals surface area contributed by atoms with E-state index in [1.807, 2.05) is 0 Å². The second-order valence-corrected chi connectivity index (χ2v) is 7.93. The summed E-state index contributed by atoms with van der Waals surface area (Å²) in [5.41, 5.74) is 0. The van der Waals surface area contributed by atoms with Crippen molar-refractivity contribution in [1.82, 2.24) is 0 Å². The summed E-state index contributed by atoms with van der Waals surface area (Å²) in [7, 11) is 0. The van der Waals surface area contributed by atoms with Crippen molar-refractivity contribution in [3.63, 3.8) is 0 Å². The summed E-state index contributed by atoms with van der Waals surface area (Å²) in [5, 5.41) is 98.6. The van der Waals surface area contributed by atoms with Crippen LogP contribution in [0.1, 0.15) is 0 Å². The molecular formula is C17H30O15. The SMILES string of the molecule is OC[C@H]1OC(O)[C@H](O)[C@@H](O)[C@@H]1O[C@@H]1O[C@H](CO[C@@H]2OC[C@@H](O)[C@H](O)[C@H]2O)[C@@H](O)[C@H](O)[C@H]1O. The molecule has 0 aromatic carbocycles. The van der Waals surface area contributed by atoms with Crippen molar-refractivity contribution in [1.29, 1.82) is 0 Å². The van der Waals surface area contributed by atoms with Crippen LogP contribution < -0.4 is 0 Å². The zero-order valence-electron chi connectivity index (χ0n) is 16.7. The van der Waals surface area contributed by atoms with Gasteiger partial charge in [-0.3, -0.25) is 0 Å². The van der Waals surface area contributed by atoms with Gasteiger partial charge in [-0.25, -0.2) is 0 Å². The van der Waals surface area contributed by atoms with E-state index < -0.39 is 99.2 Å². The third kappa shape index (κ3) is 5.22. The molecule has 0 bridgehead atoms. The summed E-state index contributed by atoms with van der Waals surface area (Å²) in [5.74, 6) is 0. The summed E-state index contributed by atoms with van der Waals surface area (Å²) < 4.78 is 26.1. The van der Waals surface area contributed by atoms with Gasteiger partial charge in [-0.15, -0.1) is 0 Å². The van der Waals surface area contributed by atoms with Crippen molar-refractivity contribution >= 4 is 0 Å². The maximum Gasteiger partial charge on any atom is 0.187 e. The Kier molecular flexibility index (Phi) is 8.75. The van der Waals surface area contributed by atoms with E-state index in [9.17, 15) is 51.1 Å². The lowest BCUT2D eigenvalue weighted by molar-refractivity contribution is -0.360. The zero-order chi connectivity index (χ0) is 23.7. The normalized spacial score (nSPS) is 52.7. The summed E-state index contributed by atoms with van der Waals surface area (Å²) in [6.07, 6.45) is -22.4. The lowest BCUT2D eigenvalue weighted by atomic mass is 9.97. The van der Waals surface area contributed by atoms with Gasteiger partial charge in [0.05, 0.1) is 19.8 Å². The van der Waals surface area contributed by atoms with Crippen LogP contribution in [0.4, 0.5) is 0 Å². The third-order valence-corrected chi connectivity index (χ3v) is 5.68. The molecule has 0 spiro atoms. The van der Waals surface area contributed by atoms with E-state index in [1.54, 1.807) is 0 Å². The number of rotatable bonds is 6. The monoisotopic (exact) mass is 474 g/mol. The zero-order valence-corrected chi connectivity index (χ0v) is 16.7. The lowest BCUT2D eigenvalue weighted by Gasteiger charge is -2.45. The predicted molar refractivity (Wildman–Crippen MR) is 95.2 cm³/mol. The van der Waals surface area contributed by atoms with Crippen molar-refractivity contribution < 1.29 is 74.7 Å². The van der Waals surface area contributed by atoms with Gasteiger partial charge in [-0.2, -0.15) is 0 Å². The van der Waals surface area contributed by atoms with Crippen LogP contribution in [-0.4, -0.2) is 157 Å². The Hall–Kier alpha value is -0.600. The Bertz CT molecular complexity index is 594. The molecule has 0 saturated carbocycles. The number of aliphatic hydroxyl groups excluding tert-OH is 10. The van der Waals surface area contributed by atoms with Gasteiger partial charge < -0.3 is 74.7 Å². The van der Waals surface area contributed by atoms with E-state index in [4.69, 9.17) is 23.7 Å². The van der Waals surface area contributed by atoms with E-state index >= 15 is 0 Å². The van der Waals surface area contributed by atoms with Crippen molar-refractivity contribution in [3.05, 3.63) is 0 Å². The van der Waals surface area contributed by atoms with Gasteiger partial charge in [0.25, 0.3) is 0 Å². The van der Waals surface area contributed by atoms with Gasteiger partial charge in [0, 0.05) is 0 Å². The molecule has 3 aliphatic rings. The molecular weight excluding hydrogens is 444 g/mol. The fraction of sp³-hybridized carbons (Fsp3) is 1.00. The van der Waals surface area contributed by atoms with Crippen LogP contribution in [0.25, 0.3) is 0 Å². The van der Waals surface area contributed by atoms with Crippen LogP contribution in [0, 0.1) is 0 Å². The second kappa shape index (κ2) is 10.8. The lowest BCUT2D eigenvalue weighted by Crippen LogP contribution is -2.64. The van der Waals surface area contributed by atoms with Crippen molar-refractivity contribution in [2.45, 2.75) is 86.0 Å². The van der Waals surface area contributed by atoms with E-state index in [2.05, 4.69) is 0 Å². The first-order chi connectivity index (χ1) is 15.1. The minimum absolute atomic E-state index is 0.333. The first-order valence-electron chi connectivity index (χ1n) is 9.99. The average Bonchev–Trinajstić information content (AvgIpc) is 2.77. The Morgan fingerprint density at radius 1 is 0.656 bits per heavy atom. The van der Waals surface area contributed by atoms with E-state index in [-0.39, 0.29) is 6.61 Å². The summed E-state index contributed by atoms with van der Waals surface area (Å²) >= 11 is 0. The van der Waals surface area contributed by atoms with Crippen molar-refractivity contribution in [2.24, 2.45) is 0 Å². The standard InChI is InChI=1S/C17H30O15/c18-1-5-14(10(23)11(24)15(27)30-5)32-17-13(26)9(22)8(21)6(31-17)3-29-16-12(25)7(20)4(19)2-28-16/h4-27H,1-3H2/t4-,5-,6-,7+,8-,9+,10-,11-,12-,13-,14-,15?,16+,17+/m1/s1. The van der Waals surface area contributed by atoms with Gasteiger partial charge >= 0.3 is 0 Å². The minimum atomic E-state index is -1.83. The molecule has 0 aliphatic carbocycles. The molecule has 15 heteroatoms. The first-order valence-corrected chi connectivity index (χ1v) is 9.99. The third-order valence-electron chi connectivity index (χ3n) is 5.68. The fourth-order valence-electron chi connectivity index (χ4n) is 3.67. The van der Waals surface area contributed by atoms with Crippen molar-refractivity contribution in [2.75, 3.05) is 19.8 Å². The highest BCUT2D eigenvalue weighted by Gasteiger charge is 2.50. The Morgan fingerprint density at radius 3 is 1.97 bits per heavy atom. The molecule has 3 rings (SSSR count). The molecule has 15 nitrogen and oxygen atoms in total. The predicted octanol–water partition coefficient (Wildman–Crippen LogP) is -6.93. The largest absolute Gasteiger partial charge is 0.394 e. The van der Waals surface area contributed by atoms with Gasteiger partial charge in [0.15, 0.2) is 18.9 Å². The Labute approximate surface area is 181 Å². The molecule has 10 N–H and O–H groups in total. The topological polar surface area (TPSA) is 248 Å². The molecule has 188 valence electrons. The quantitative estimate of drug-likeness (QED) is 0.172. The van der Waals surface area contributed by atoms with Crippen LogP contribution in [0.2, 0.25) is 0 Å². The average molecular weight is 474 g/mol. The number of aliphatic hydroxyl groups is 10. The summed E-state index contributed by atoms with van der Waals surface area (Å²) in [4.78, 5) is 0. The van der Waals surface area contributed by atoms with Gasteiger partial charge in [-0.1, -0.05) is 0 Å². The highest BCUT2D eigenvalue weighted by Crippen LogP contribution is 2.29. The van der Waals surface area contributed by atoms with Crippen LogP contribution in [0.3, 0.4) is 0 Å². The molecule has 3 aliphatic heterocycles. The second-order valence-electron chi connectivity index (χ2n) is 7.93. The molecule has 3 saturated heterocycles. The minimum Gasteiger partial charge on any atom is -0.394 e. The molecule has 0 radical (unpaired) electrons. The van der Waals surface area contributed by atoms with E-state index in [0.29, 0.717) is 0 Å². The molecule has 3 heterocycles. The molecule has 32 heavy (non-hydrogen) atoms. The molecule has 3 fully saturated rings. The Balaban J connectivity index is 1.65. The highest BCUT2D eigenvalue weighted by molar-refractivity contribution is 4.94. The van der Waals surface area contributed by atoms with Crippen LogP contribution in [0.5, 0.6) is 0 Å². The van der Waals surface area contributed by atoms with Gasteiger partial charge in [0.2, 0.25) is 0 Å².